The van der Waals surface area contributed by atoms with E-state index in [0.717, 1.165) is 5.56 Å². The Hall–Kier alpha value is -2.94. The highest BCUT2D eigenvalue weighted by Gasteiger charge is 2.22. The Labute approximate surface area is 157 Å². The molecule has 9 heteroatoms. The van der Waals surface area contributed by atoms with Crippen molar-refractivity contribution in [2.45, 2.75) is 19.1 Å². The lowest BCUT2D eigenvalue weighted by Gasteiger charge is -2.17. The molecule has 0 aliphatic carbocycles. The molecule has 2 N–H and O–H groups in total. The molecule has 2 aromatic rings. The molecule has 0 saturated carbocycles. The topological polar surface area (TPSA) is 119 Å². The zero-order chi connectivity index (χ0) is 19.1. The summed E-state index contributed by atoms with van der Waals surface area (Å²) in [6.07, 6.45) is -1.26. The number of aliphatic carboxylic acids is 1. The van der Waals surface area contributed by atoms with Crippen LogP contribution in [0.25, 0.3) is 0 Å². The monoisotopic (exact) mass is 422 g/mol. The van der Waals surface area contributed by atoms with Crippen molar-refractivity contribution in [3.63, 3.8) is 0 Å². The maximum absolute atomic E-state index is 12.0. The van der Waals surface area contributed by atoms with E-state index in [1.54, 1.807) is 24.3 Å². The molecule has 0 fully saturated rings. The highest BCUT2D eigenvalue weighted by atomic mass is 79.9. The van der Waals surface area contributed by atoms with E-state index in [4.69, 9.17) is 9.84 Å². The van der Waals surface area contributed by atoms with E-state index in [9.17, 15) is 19.7 Å². The fraction of sp³-hybridized carbons (Fsp3) is 0.176. The molecule has 0 aliphatic rings. The van der Waals surface area contributed by atoms with Gasteiger partial charge in [-0.25, -0.2) is 4.79 Å². The van der Waals surface area contributed by atoms with Gasteiger partial charge in [-0.15, -0.1) is 0 Å². The standard InChI is InChI=1S/C17H15BrN2O6/c18-13-7-6-12(8-15(13)20(24)25)14(9-16(21)22)19-17(23)26-10-11-4-2-1-3-5-11/h1-8,14H,9-10H2,(H,19,23)(H,21,22)/t14-/m1/s1. The van der Waals surface area contributed by atoms with Crippen LogP contribution in [0.3, 0.4) is 0 Å². The van der Waals surface area contributed by atoms with Crippen LogP contribution in [0.15, 0.2) is 53.0 Å². The third-order valence-electron chi connectivity index (χ3n) is 3.45. The molecule has 1 amide bonds. The van der Waals surface area contributed by atoms with Crippen LogP contribution < -0.4 is 5.32 Å². The Bertz CT molecular complexity index is 812. The van der Waals surface area contributed by atoms with Gasteiger partial charge >= 0.3 is 12.1 Å². The van der Waals surface area contributed by atoms with Crippen molar-refractivity contribution in [1.29, 1.82) is 0 Å². The normalized spacial score (nSPS) is 11.4. The van der Waals surface area contributed by atoms with E-state index in [1.165, 1.54) is 18.2 Å². The first-order valence-electron chi connectivity index (χ1n) is 7.49. The second-order valence-corrected chi connectivity index (χ2v) is 6.18. The van der Waals surface area contributed by atoms with Crippen LogP contribution in [0.2, 0.25) is 0 Å². The molecule has 136 valence electrons. The van der Waals surface area contributed by atoms with Gasteiger partial charge in [0.25, 0.3) is 5.69 Å². The van der Waals surface area contributed by atoms with E-state index in [2.05, 4.69) is 21.2 Å². The number of carbonyl (C=O) groups excluding carboxylic acids is 1. The van der Waals surface area contributed by atoms with E-state index in [0.29, 0.717) is 5.56 Å². The number of nitrogens with one attached hydrogen (secondary N) is 1. The molecule has 0 saturated heterocycles. The third kappa shape index (κ3) is 5.55. The molecule has 2 aromatic carbocycles. The number of hydrogen-bond donors (Lipinski definition) is 2. The van der Waals surface area contributed by atoms with Crippen molar-refractivity contribution >= 4 is 33.7 Å². The number of nitro groups is 1. The molecule has 0 heterocycles. The van der Waals surface area contributed by atoms with Gasteiger partial charge in [0.15, 0.2) is 0 Å². The largest absolute Gasteiger partial charge is 0.481 e. The van der Waals surface area contributed by atoms with Crippen LogP contribution in [0.1, 0.15) is 23.6 Å². The number of carboxylic acids is 1. The third-order valence-corrected chi connectivity index (χ3v) is 4.12. The highest BCUT2D eigenvalue weighted by Crippen LogP contribution is 2.29. The molecule has 0 radical (unpaired) electrons. The Morgan fingerprint density at radius 2 is 1.92 bits per heavy atom. The maximum Gasteiger partial charge on any atom is 0.407 e. The summed E-state index contributed by atoms with van der Waals surface area (Å²) in [7, 11) is 0. The van der Waals surface area contributed by atoms with Crippen molar-refractivity contribution in [2.75, 3.05) is 0 Å². The summed E-state index contributed by atoms with van der Waals surface area (Å²) in [5.41, 5.74) is 0.841. The molecule has 0 spiro atoms. The highest BCUT2D eigenvalue weighted by molar-refractivity contribution is 9.10. The second-order valence-electron chi connectivity index (χ2n) is 5.32. The first-order chi connectivity index (χ1) is 12.4. The zero-order valence-electron chi connectivity index (χ0n) is 13.4. The lowest BCUT2D eigenvalue weighted by Crippen LogP contribution is -2.30. The number of carbonyl (C=O) groups is 2. The van der Waals surface area contributed by atoms with Gasteiger partial charge in [0.1, 0.15) is 6.61 Å². The van der Waals surface area contributed by atoms with Gasteiger partial charge in [0, 0.05) is 6.07 Å². The van der Waals surface area contributed by atoms with Crippen molar-refractivity contribution < 1.29 is 24.4 Å². The van der Waals surface area contributed by atoms with Gasteiger partial charge in [-0.1, -0.05) is 36.4 Å². The minimum absolute atomic E-state index is 0.0208. The molecule has 0 unspecified atom stereocenters. The predicted molar refractivity (Wildman–Crippen MR) is 95.6 cm³/mol. The smallest absolute Gasteiger partial charge is 0.407 e. The number of amides is 1. The summed E-state index contributed by atoms with van der Waals surface area (Å²) in [6, 6.07) is 12.2. The number of ether oxygens (including phenoxy) is 1. The molecule has 1 atom stereocenters. The van der Waals surface area contributed by atoms with Crippen LogP contribution in [0, 0.1) is 10.1 Å². The van der Waals surface area contributed by atoms with Crippen LogP contribution in [-0.2, 0) is 16.1 Å². The molecule has 26 heavy (non-hydrogen) atoms. The minimum Gasteiger partial charge on any atom is -0.481 e. The van der Waals surface area contributed by atoms with E-state index in [-0.39, 0.29) is 16.8 Å². The molecular formula is C17H15BrN2O6. The second kappa shape index (κ2) is 8.95. The van der Waals surface area contributed by atoms with Gasteiger partial charge in [-0.2, -0.15) is 0 Å². The van der Waals surface area contributed by atoms with Crippen molar-refractivity contribution in [3.8, 4) is 0 Å². The lowest BCUT2D eigenvalue weighted by atomic mass is 10.0. The molecular weight excluding hydrogens is 408 g/mol. The van der Waals surface area contributed by atoms with Gasteiger partial charge < -0.3 is 15.2 Å². The van der Waals surface area contributed by atoms with E-state index in [1.807, 2.05) is 6.07 Å². The number of carboxylic acid groups (broad SMARTS) is 1. The number of nitrogens with zero attached hydrogens (tertiary/aromatic N) is 1. The van der Waals surface area contributed by atoms with Crippen LogP contribution >= 0.6 is 15.9 Å². The number of hydrogen-bond acceptors (Lipinski definition) is 5. The Balaban J connectivity index is 2.12. The Morgan fingerprint density at radius 3 is 2.54 bits per heavy atom. The fourth-order valence-electron chi connectivity index (χ4n) is 2.22. The summed E-state index contributed by atoms with van der Waals surface area (Å²) in [5.74, 6) is -1.16. The minimum atomic E-state index is -1.16. The number of halogens is 1. The van der Waals surface area contributed by atoms with Crippen LogP contribution in [0.5, 0.6) is 0 Å². The molecule has 0 bridgehead atoms. The summed E-state index contributed by atoms with van der Waals surface area (Å²) in [6.45, 7) is 0.0208. The van der Waals surface area contributed by atoms with Gasteiger partial charge in [0.2, 0.25) is 0 Å². The van der Waals surface area contributed by atoms with Crippen molar-refractivity contribution in [2.24, 2.45) is 0 Å². The average molecular weight is 423 g/mol. The SMILES string of the molecule is O=C(O)C[C@@H](NC(=O)OCc1ccccc1)c1ccc(Br)c([N+](=O)[O-])c1. The first-order valence-corrected chi connectivity index (χ1v) is 8.29. The number of alkyl carbamates (subject to hydrolysis) is 1. The summed E-state index contributed by atoms with van der Waals surface area (Å²) < 4.78 is 5.33. The number of benzene rings is 2. The molecule has 0 aliphatic heterocycles. The molecule has 0 aromatic heterocycles. The summed E-state index contributed by atoms with van der Waals surface area (Å²) in [4.78, 5) is 33.5. The van der Waals surface area contributed by atoms with E-state index >= 15 is 0 Å². The fourth-order valence-corrected chi connectivity index (χ4v) is 2.61. The molecule has 8 nitrogen and oxygen atoms in total. The first kappa shape index (κ1) is 19.4. The quantitative estimate of drug-likeness (QED) is 0.517. The maximum atomic E-state index is 12.0. The number of nitro benzene ring substituents is 1. The average Bonchev–Trinajstić information content (AvgIpc) is 2.60. The van der Waals surface area contributed by atoms with Crippen LogP contribution in [0.4, 0.5) is 10.5 Å². The zero-order valence-corrected chi connectivity index (χ0v) is 15.0. The van der Waals surface area contributed by atoms with Gasteiger partial charge in [0.05, 0.1) is 21.9 Å². The van der Waals surface area contributed by atoms with Gasteiger partial charge in [-0.05, 0) is 33.1 Å². The Kier molecular flexibility index (Phi) is 6.67. The summed E-state index contributed by atoms with van der Waals surface area (Å²) >= 11 is 3.06. The number of rotatable bonds is 7. The van der Waals surface area contributed by atoms with Crippen molar-refractivity contribution in [3.05, 3.63) is 74.2 Å². The van der Waals surface area contributed by atoms with Crippen LogP contribution in [-0.4, -0.2) is 22.1 Å². The lowest BCUT2D eigenvalue weighted by molar-refractivity contribution is -0.385. The Morgan fingerprint density at radius 1 is 1.23 bits per heavy atom. The molecule has 2 rings (SSSR count). The van der Waals surface area contributed by atoms with Gasteiger partial charge in [-0.3, -0.25) is 14.9 Å². The summed E-state index contributed by atoms with van der Waals surface area (Å²) in [5, 5.41) is 22.6. The van der Waals surface area contributed by atoms with E-state index < -0.39 is 29.4 Å². The predicted octanol–water partition coefficient (Wildman–Crippen LogP) is 3.80. The van der Waals surface area contributed by atoms with Crippen molar-refractivity contribution in [1.82, 2.24) is 5.32 Å².